The van der Waals surface area contributed by atoms with Crippen molar-refractivity contribution in [1.82, 2.24) is 10.6 Å². The molecule has 1 aliphatic carbocycles. The second kappa shape index (κ2) is 9.02. The van der Waals surface area contributed by atoms with E-state index in [4.69, 9.17) is 4.74 Å². The first kappa shape index (κ1) is 26.4. The van der Waals surface area contributed by atoms with E-state index in [-0.39, 0.29) is 17.1 Å². The number of hydrogen-bond acceptors (Lipinski definition) is 9. The molecule has 1 saturated carbocycles. The molecule has 11 nitrogen and oxygen atoms in total. The van der Waals surface area contributed by atoms with Gasteiger partial charge in [0.25, 0.3) is 0 Å². The summed E-state index contributed by atoms with van der Waals surface area (Å²) in [5.41, 5.74) is -5.20. The number of anilines is 1. The maximum atomic E-state index is 12.9. The van der Waals surface area contributed by atoms with Crippen LogP contribution < -0.4 is 16.0 Å². The molecular weight excluding hydrogens is 482 g/mol. The molecule has 1 heterocycles. The lowest BCUT2D eigenvalue weighted by Crippen LogP contribution is -2.72. The smallest absolute Gasteiger partial charge is 0.342 e. The monoisotopic (exact) mass is 513 g/mol. The maximum Gasteiger partial charge on any atom is 0.342 e. The fourth-order valence-corrected chi connectivity index (χ4v) is 5.64. The molecule has 0 bridgehead atoms. The molecule has 2 aliphatic rings. The van der Waals surface area contributed by atoms with Crippen LogP contribution in [-0.4, -0.2) is 79.7 Å². The number of aromatic hydroxyl groups is 1. The number of urea groups is 1. The van der Waals surface area contributed by atoms with Gasteiger partial charge in [0.2, 0.25) is 0 Å². The molecule has 0 spiro atoms. The normalized spacial score (nSPS) is 31.2. The highest BCUT2D eigenvalue weighted by Crippen LogP contribution is 2.51. The Bertz CT molecular complexity index is 1240. The third-order valence-electron chi connectivity index (χ3n) is 7.72. The lowest BCUT2D eigenvalue weighted by molar-refractivity contribution is -0.184. The largest absolute Gasteiger partial charge is 0.507 e. The summed E-state index contributed by atoms with van der Waals surface area (Å²) in [5, 5.41) is 53.1. The summed E-state index contributed by atoms with van der Waals surface area (Å²) < 4.78 is 5.43. The summed E-state index contributed by atoms with van der Waals surface area (Å²) >= 11 is 0. The van der Waals surface area contributed by atoms with E-state index in [1.165, 1.54) is 26.8 Å². The van der Waals surface area contributed by atoms with Crippen LogP contribution in [0.1, 0.15) is 47.1 Å². The topological polar surface area (TPSA) is 177 Å². The Morgan fingerprint density at radius 1 is 1.19 bits per heavy atom. The number of phenols is 1. The number of aliphatic hydroxyl groups excluding tert-OH is 1. The number of ketones is 1. The predicted octanol–water partition coefficient (Wildman–Crippen LogP) is 0.837. The van der Waals surface area contributed by atoms with Gasteiger partial charge in [0, 0.05) is 11.3 Å². The zero-order chi connectivity index (χ0) is 27.3. The zero-order valence-corrected chi connectivity index (χ0v) is 20.9. The molecule has 1 aliphatic heterocycles. The first-order valence-corrected chi connectivity index (χ1v) is 11.8. The van der Waals surface area contributed by atoms with Gasteiger partial charge in [0.05, 0.1) is 18.2 Å². The fourth-order valence-electron chi connectivity index (χ4n) is 5.64. The van der Waals surface area contributed by atoms with E-state index in [2.05, 4.69) is 16.0 Å². The van der Waals surface area contributed by atoms with Crippen molar-refractivity contribution in [2.24, 2.45) is 0 Å². The molecular formula is C26H31N3O8. The van der Waals surface area contributed by atoms with Crippen LogP contribution in [0.3, 0.4) is 0 Å². The minimum absolute atomic E-state index is 0.0979. The molecule has 0 radical (unpaired) electrons. The van der Waals surface area contributed by atoms with Gasteiger partial charge in [-0.05, 0) is 51.5 Å². The number of amides is 2. The quantitative estimate of drug-likeness (QED) is 0.209. The number of carbonyl (C=O) groups excluding carboxylic acids is 3. The number of hydrogen-bond donors (Lipinski definition) is 7. The van der Waals surface area contributed by atoms with E-state index < -0.39 is 53.5 Å². The summed E-state index contributed by atoms with van der Waals surface area (Å²) in [6.07, 6.45) is -1.36. The van der Waals surface area contributed by atoms with E-state index in [9.17, 15) is 34.8 Å². The Balaban J connectivity index is 1.76. The molecule has 198 valence electrons. The number of ether oxygens (including phenoxy) is 1. The molecule has 0 aromatic heterocycles. The van der Waals surface area contributed by atoms with Crippen LogP contribution >= 0.6 is 0 Å². The van der Waals surface area contributed by atoms with E-state index in [1.54, 1.807) is 43.3 Å². The molecule has 2 amide bonds. The first-order valence-electron chi connectivity index (χ1n) is 11.8. The first-order chi connectivity index (χ1) is 17.3. The van der Waals surface area contributed by atoms with E-state index in [0.29, 0.717) is 16.8 Å². The number of nitrogens with one attached hydrogen (secondary N) is 3. The SMILES string of the molecule is CC(=O)c1cccc(N[C@H]2[C@@H]3NC(=O)NC3([C@@H](C)O)[C@@](C)(O)[C@@]2(O)COC(=O)c2c(C)cccc2O)c1. The summed E-state index contributed by atoms with van der Waals surface area (Å²) in [6, 6.07) is 7.95. The Morgan fingerprint density at radius 3 is 2.49 bits per heavy atom. The number of benzene rings is 2. The van der Waals surface area contributed by atoms with Gasteiger partial charge in [0.15, 0.2) is 11.4 Å². The van der Waals surface area contributed by atoms with Crippen molar-refractivity contribution in [1.29, 1.82) is 0 Å². The van der Waals surface area contributed by atoms with E-state index in [0.717, 1.165) is 0 Å². The molecule has 37 heavy (non-hydrogen) atoms. The third-order valence-corrected chi connectivity index (χ3v) is 7.72. The number of aryl methyl sites for hydroxylation is 1. The average molecular weight is 514 g/mol. The Hall–Kier alpha value is -3.67. The third kappa shape index (κ3) is 3.90. The van der Waals surface area contributed by atoms with Gasteiger partial charge in [-0.15, -0.1) is 0 Å². The average Bonchev–Trinajstić information content (AvgIpc) is 3.24. The van der Waals surface area contributed by atoms with Crippen LogP contribution in [0.4, 0.5) is 10.5 Å². The Kier molecular flexibility index (Phi) is 6.43. The number of Topliss-reactive ketones (excluding diaryl/α,β-unsaturated/α-hetero) is 1. The molecule has 2 fully saturated rings. The predicted molar refractivity (Wildman–Crippen MR) is 132 cm³/mol. The van der Waals surface area contributed by atoms with Gasteiger partial charge in [0.1, 0.15) is 29.1 Å². The number of rotatable bonds is 7. The lowest BCUT2D eigenvalue weighted by Gasteiger charge is -2.46. The summed E-state index contributed by atoms with van der Waals surface area (Å²) in [5.74, 6) is -1.44. The highest BCUT2D eigenvalue weighted by atomic mass is 16.5. The van der Waals surface area contributed by atoms with Crippen LogP contribution in [0.5, 0.6) is 5.75 Å². The van der Waals surface area contributed by atoms with Crippen molar-refractivity contribution in [3.05, 3.63) is 59.2 Å². The highest BCUT2D eigenvalue weighted by Gasteiger charge is 2.79. The van der Waals surface area contributed by atoms with Crippen LogP contribution in [0.2, 0.25) is 0 Å². The summed E-state index contributed by atoms with van der Waals surface area (Å²) in [4.78, 5) is 37.2. The van der Waals surface area contributed by atoms with Gasteiger partial charge in [-0.25, -0.2) is 9.59 Å². The van der Waals surface area contributed by atoms with Crippen molar-refractivity contribution in [2.75, 3.05) is 11.9 Å². The number of esters is 1. The van der Waals surface area contributed by atoms with Gasteiger partial charge in [-0.1, -0.05) is 24.3 Å². The molecule has 2 aromatic rings. The number of carbonyl (C=O) groups is 3. The molecule has 2 aromatic carbocycles. The Labute approximate surface area is 213 Å². The maximum absolute atomic E-state index is 12.9. The summed E-state index contributed by atoms with van der Waals surface area (Å²) in [7, 11) is 0. The number of aliphatic hydroxyl groups is 3. The molecule has 11 heteroatoms. The van der Waals surface area contributed by atoms with Crippen LogP contribution in [0, 0.1) is 6.92 Å². The summed E-state index contributed by atoms with van der Waals surface area (Å²) in [6.45, 7) is 4.85. The second-order valence-electron chi connectivity index (χ2n) is 9.92. The zero-order valence-electron chi connectivity index (χ0n) is 20.9. The molecule has 4 rings (SSSR count). The lowest BCUT2D eigenvalue weighted by atomic mass is 9.74. The van der Waals surface area contributed by atoms with Gasteiger partial charge >= 0.3 is 12.0 Å². The minimum Gasteiger partial charge on any atom is -0.507 e. The minimum atomic E-state index is -2.28. The van der Waals surface area contributed by atoms with Crippen LogP contribution in [-0.2, 0) is 4.74 Å². The van der Waals surface area contributed by atoms with Crippen molar-refractivity contribution >= 4 is 23.5 Å². The van der Waals surface area contributed by atoms with E-state index >= 15 is 0 Å². The van der Waals surface area contributed by atoms with Crippen LogP contribution in [0.25, 0.3) is 0 Å². The van der Waals surface area contributed by atoms with Gasteiger partial charge < -0.3 is 41.1 Å². The standard InChI is InChI=1S/C26H31N3O8/c1-13-7-5-10-18(32)19(13)22(33)37-12-25(36)20(27-17-9-6-8-16(11-17)14(2)30)21-26(15(3)31,24(25,4)35)29-23(34)28-21/h5-11,15,20-21,27,31-32,35-36H,12H2,1-4H3,(H2,28,29,34)/t15-,20+,21+,24+,25-,26?/m1/s1. The second-order valence-corrected chi connectivity index (χ2v) is 9.92. The molecule has 7 N–H and O–H groups in total. The fraction of sp³-hybridized carbons (Fsp3) is 0.423. The molecule has 1 unspecified atom stereocenters. The van der Waals surface area contributed by atoms with Crippen LogP contribution in [0.15, 0.2) is 42.5 Å². The van der Waals surface area contributed by atoms with Crippen molar-refractivity contribution < 1.29 is 39.5 Å². The molecule has 6 atom stereocenters. The number of fused-ring (bicyclic) bond motifs is 1. The molecule has 1 saturated heterocycles. The van der Waals surface area contributed by atoms with Gasteiger partial charge in [-0.2, -0.15) is 0 Å². The van der Waals surface area contributed by atoms with Crippen molar-refractivity contribution in [3.8, 4) is 5.75 Å². The van der Waals surface area contributed by atoms with Crippen molar-refractivity contribution in [2.45, 2.75) is 62.6 Å². The number of phenolic OH excluding ortho intramolecular Hbond substituents is 1. The van der Waals surface area contributed by atoms with E-state index in [1.807, 2.05) is 0 Å². The highest BCUT2D eigenvalue weighted by molar-refractivity contribution is 5.95. The van der Waals surface area contributed by atoms with Crippen molar-refractivity contribution in [3.63, 3.8) is 0 Å². The van der Waals surface area contributed by atoms with Gasteiger partial charge in [-0.3, -0.25) is 4.79 Å². The Morgan fingerprint density at radius 2 is 1.86 bits per heavy atom.